The summed E-state index contributed by atoms with van der Waals surface area (Å²) in [6.45, 7) is 7.59. The van der Waals surface area contributed by atoms with Gasteiger partial charge >= 0.3 is 11.9 Å². The molecule has 0 fully saturated rings. The minimum absolute atomic E-state index is 0.223. The van der Waals surface area contributed by atoms with Gasteiger partial charge in [0.05, 0.1) is 119 Å². The van der Waals surface area contributed by atoms with E-state index in [1.54, 1.807) is 0 Å². The molecule has 0 spiro atoms. The van der Waals surface area contributed by atoms with E-state index in [-0.39, 0.29) is 38.0 Å². The Morgan fingerprint density at radius 2 is 0.543 bits per heavy atom. The first-order valence-electron chi connectivity index (χ1n) is 15.7. The van der Waals surface area contributed by atoms with Gasteiger partial charge in [-0.1, -0.05) is 60.7 Å². The van der Waals surface area contributed by atoms with Crippen molar-refractivity contribution in [2.24, 2.45) is 0 Å². The van der Waals surface area contributed by atoms with E-state index in [4.69, 9.17) is 47.4 Å². The van der Waals surface area contributed by atoms with Crippen molar-refractivity contribution in [3.63, 3.8) is 0 Å². The lowest BCUT2D eigenvalue weighted by molar-refractivity contribution is -0.145. The van der Waals surface area contributed by atoms with Crippen LogP contribution in [0.25, 0.3) is 0 Å². The van der Waals surface area contributed by atoms with Crippen LogP contribution in [0.3, 0.4) is 0 Å². The Balaban J connectivity index is 1.17. The van der Waals surface area contributed by atoms with E-state index in [2.05, 4.69) is 0 Å². The molecule has 0 aliphatic rings. The van der Waals surface area contributed by atoms with Crippen LogP contribution in [-0.4, -0.2) is 131 Å². The minimum atomic E-state index is -0.267. The van der Waals surface area contributed by atoms with Gasteiger partial charge in [-0.2, -0.15) is 0 Å². The molecule has 0 unspecified atom stereocenters. The second-order valence-electron chi connectivity index (χ2n) is 9.66. The lowest BCUT2D eigenvalue weighted by Gasteiger charge is -2.09. The lowest BCUT2D eigenvalue weighted by Crippen LogP contribution is -2.16. The van der Waals surface area contributed by atoms with Crippen molar-refractivity contribution in [3.8, 4) is 0 Å². The molecular weight excluding hydrogens is 600 g/mol. The van der Waals surface area contributed by atoms with Crippen LogP contribution in [0.5, 0.6) is 0 Å². The summed E-state index contributed by atoms with van der Waals surface area (Å²) >= 11 is 0. The summed E-state index contributed by atoms with van der Waals surface area (Å²) in [6.07, 6.45) is 0.520. The molecule has 0 aliphatic carbocycles. The number of esters is 2. The maximum Gasteiger partial charge on any atom is 0.310 e. The van der Waals surface area contributed by atoms with Gasteiger partial charge in [0.15, 0.2) is 0 Å². The molecule has 46 heavy (non-hydrogen) atoms. The second kappa shape index (κ2) is 29.5. The number of carbonyl (C=O) groups is 2. The van der Waals surface area contributed by atoms with Crippen LogP contribution in [0.1, 0.15) is 11.1 Å². The van der Waals surface area contributed by atoms with E-state index >= 15 is 0 Å². The molecule has 0 aromatic heterocycles. The SMILES string of the molecule is O=C(Cc1ccccc1)OCCOCCOCCOCCOCCOCCOCCOCCOCCOC(=O)Cc1ccccc1. The molecule has 0 saturated carbocycles. The normalized spacial score (nSPS) is 11.0. The van der Waals surface area contributed by atoms with Gasteiger partial charge in [-0.3, -0.25) is 9.59 Å². The smallest absolute Gasteiger partial charge is 0.310 e. The fourth-order valence-electron chi connectivity index (χ4n) is 3.70. The number of rotatable bonds is 31. The summed E-state index contributed by atoms with van der Waals surface area (Å²) in [7, 11) is 0. The zero-order valence-electron chi connectivity index (χ0n) is 26.8. The number of hydrogen-bond acceptors (Lipinski definition) is 12. The van der Waals surface area contributed by atoms with Crippen molar-refractivity contribution >= 4 is 11.9 Å². The van der Waals surface area contributed by atoms with Crippen LogP contribution in [0.15, 0.2) is 60.7 Å². The van der Waals surface area contributed by atoms with Crippen LogP contribution >= 0.6 is 0 Å². The second-order valence-corrected chi connectivity index (χ2v) is 9.66. The summed E-state index contributed by atoms with van der Waals surface area (Å²) in [5.41, 5.74) is 1.85. The maximum atomic E-state index is 11.7. The van der Waals surface area contributed by atoms with Crippen LogP contribution in [0, 0.1) is 0 Å². The first kappa shape index (κ1) is 39.2. The summed E-state index contributed by atoms with van der Waals surface area (Å²) in [5, 5.41) is 0. The molecule has 2 rings (SSSR count). The zero-order valence-corrected chi connectivity index (χ0v) is 26.8. The first-order valence-corrected chi connectivity index (χ1v) is 15.7. The molecular formula is C34H50O12. The highest BCUT2D eigenvalue weighted by Gasteiger charge is 2.05. The quantitative estimate of drug-likeness (QED) is 0.0880. The molecule has 0 radical (unpaired) electrons. The third kappa shape index (κ3) is 24.3. The summed E-state index contributed by atoms with van der Waals surface area (Å²) < 4.78 is 53.8. The topological polar surface area (TPSA) is 126 Å². The van der Waals surface area contributed by atoms with Crippen LogP contribution < -0.4 is 0 Å². The molecule has 0 bridgehead atoms. The van der Waals surface area contributed by atoms with E-state index < -0.39 is 0 Å². The molecule has 258 valence electrons. The van der Waals surface area contributed by atoms with E-state index in [9.17, 15) is 9.59 Å². The van der Waals surface area contributed by atoms with E-state index in [1.807, 2.05) is 60.7 Å². The molecule has 2 aromatic rings. The van der Waals surface area contributed by atoms with Gasteiger partial charge < -0.3 is 47.4 Å². The molecule has 0 heterocycles. The van der Waals surface area contributed by atoms with Crippen LogP contribution in [0.4, 0.5) is 0 Å². The van der Waals surface area contributed by atoms with E-state index in [0.717, 1.165) is 11.1 Å². The third-order valence-corrected chi connectivity index (χ3v) is 5.97. The standard InChI is InChI=1S/C34H50O12/c35-33(29-31-7-3-1-4-8-31)45-27-25-43-23-21-41-19-17-39-15-13-37-11-12-38-14-16-40-18-20-42-22-24-44-26-28-46-34(36)30-32-9-5-2-6-10-32/h1-10H,11-30H2. The molecule has 0 N–H and O–H groups in total. The van der Waals surface area contributed by atoms with Gasteiger partial charge in [-0.05, 0) is 11.1 Å². The maximum absolute atomic E-state index is 11.7. The Bertz CT molecular complexity index is 897. The van der Waals surface area contributed by atoms with Crippen molar-refractivity contribution in [2.45, 2.75) is 12.8 Å². The summed E-state index contributed by atoms with van der Waals surface area (Å²) in [5.74, 6) is -0.533. The Morgan fingerprint density at radius 3 is 0.783 bits per heavy atom. The summed E-state index contributed by atoms with van der Waals surface area (Å²) in [4.78, 5) is 23.5. The van der Waals surface area contributed by atoms with Crippen molar-refractivity contribution in [3.05, 3.63) is 71.8 Å². The zero-order chi connectivity index (χ0) is 32.6. The monoisotopic (exact) mass is 650 g/mol. The molecule has 0 atom stereocenters. The Morgan fingerprint density at radius 1 is 0.326 bits per heavy atom. The number of benzene rings is 2. The van der Waals surface area contributed by atoms with E-state index in [0.29, 0.717) is 106 Å². The van der Waals surface area contributed by atoms with Crippen molar-refractivity contribution < 1.29 is 57.0 Å². The Hall–Kier alpha value is -2.94. The fourth-order valence-corrected chi connectivity index (χ4v) is 3.70. The third-order valence-electron chi connectivity index (χ3n) is 5.97. The van der Waals surface area contributed by atoms with Crippen molar-refractivity contribution in [2.75, 3.05) is 119 Å². The lowest BCUT2D eigenvalue weighted by atomic mass is 10.2. The molecule has 2 aromatic carbocycles. The minimum Gasteiger partial charge on any atom is -0.463 e. The fraction of sp³-hybridized carbons (Fsp3) is 0.588. The average molecular weight is 651 g/mol. The molecule has 12 heteroatoms. The van der Waals surface area contributed by atoms with Crippen LogP contribution in [-0.2, 0) is 69.8 Å². The van der Waals surface area contributed by atoms with Crippen molar-refractivity contribution in [1.82, 2.24) is 0 Å². The first-order chi connectivity index (χ1) is 22.7. The molecule has 0 aliphatic heterocycles. The Kier molecular flexibility index (Phi) is 25.1. The highest BCUT2D eigenvalue weighted by Crippen LogP contribution is 2.01. The highest BCUT2D eigenvalue weighted by molar-refractivity contribution is 5.72. The van der Waals surface area contributed by atoms with Crippen molar-refractivity contribution in [1.29, 1.82) is 0 Å². The van der Waals surface area contributed by atoms with Gasteiger partial charge in [-0.15, -0.1) is 0 Å². The number of carbonyl (C=O) groups excluding carboxylic acids is 2. The average Bonchev–Trinajstić information content (AvgIpc) is 3.07. The number of ether oxygens (including phenoxy) is 10. The van der Waals surface area contributed by atoms with Gasteiger partial charge in [0, 0.05) is 0 Å². The summed E-state index contributed by atoms with van der Waals surface area (Å²) in [6, 6.07) is 18.9. The highest BCUT2D eigenvalue weighted by atomic mass is 16.6. The van der Waals surface area contributed by atoms with Gasteiger partial charge in [-0.25, -0.2) is 0 Å². The van der Waals surface area contributed by atoms with Gasteiger partial charge in [0.25, 0.3) is 0 Å². The van der Waals surface area contributed by atoms with Crippen LogP contribution in [0.2, 0.25) is 0 Å². The Labute approximate surface area is 272 Å². The predicted molar refractivity (Wildman–Crippen MR) is 169 cm³/mol. The van der Waals surface area contributed by atoms with Gasteiger partial charge in [0.1, 0.15) is 13.2 Å². The van der Waals surface area contributed by atoms with Gasteiger partial charge in [0.2, 0.25) is 0 Å². The van der Waals surface area contributed by atoms with E-state index in [1.165, 1.54) is 0 Å². The largest absolute Gasteiger partial charge is 0.463 e. The molecule has 12 nitrogen and oxygen atoms in total. The predicted octanol–water partition coefficient (Wildman–Crippen LogP) is 2.69. The molecule has 0 saturated heterocycles. The number of hydrogen-bond donors (Lipinski definition) is 0. The molecule has 0 amide bonds.